The minimum Gasteiger partial charge on any atom is -0.507 e. The summed E-state index contributed by atoms with van der Waals surface area (Å²) in [6.07, 6.45) is 0.331. The van der Waals surface area contributed by atoms with Gasteiger partial charge in [0.2, 0.25) is 0 Å². The van der Waals surface area contributed by atoms with Crippen LogP contribution in [0.5, 0.6) is 5.75 Å². The molecular formula is C25H17ClN4O5. The highest BCUT2D eigenvalue weighted by Gasteiger charge is 2.35. The van der Waals surface area contributed by atoms with Crippen LogP contribution in [0.4, 0.5) is 17.1 Å². The van der Waals surface area contributed by atoms with E-state index in [2.05, 4.69) is 0 Å². The van der Waals surface area contributed by atoms with Crippen LogP contribution in [0.3, 0.4) is 0 Å². The average Bonchev–Trinajstić information content (AvgIpc) is 3.28. The summed E-state index contributed by atoms with van der Waals surface area (Å²) in [4.78, 5) is 21.8. The standard InChI is InChI=1S/C25H17ClN4O5/c26-17-8-5-16(6-9-17)22-14-20(25-19-4-2-1-3-15(19)7-12-24(25)31)27-28(22)21-11-10-18(29(32)33)13-23(21)30(34)35/h1-13,22,31H,14H2/t22-/m0/s1. The zero-order valence-electron chi connectivity index (χ0n) is 18.0. The van der Waals surface area contributed by atoms with E-state index in [0.29, 0.717) is 22.7 Å². The Kier molecular flexibility index (Phi) is 5.54. The summed E-state index contributed by atoms with van der Waals surface area (Å²) in [5.74, 6) is 0.0392. The van der Waals surface area contributed by atoms with E-state index in [4.69, 9.17) is 16.7 Å². The Labute approximate surface area is 203 Å². The number of nitrogens with zero attached hydrogens (tertiary/aromatic N) is 4. The molecule has 1 aliphatic heterocycles. The molecule has 9 nitrogen and oxygen atoms in total. The van der Waals surface area contributed by atoms with Crippen LogP contribution in [-0.2, 0) is 0 Å². The number of non-ortho nitro benzene ring substituents is 1. The minimum atomic E-state index is -0.680. The summed E-state index contributed by atoms with van der Waals surface area (Å²) in [6.45, 7) is 0. The third-order valence-electron chi connectivity index (χ3n) is 5.97. The zero-order chi connectivity index (χ0) is 24.7. The predicted molar refractivity (Wildman–Crippen MR) is 133 cm³/mol. The SMILES string of the molecule is O=[N+]([O-])c1ccc(N2N=C(c3c(O)ccc4ccccc34)C[C@H]2c2ccc(Cl)cc2)c([N+](=O)[O-])c1. The smallest absolute Gasteiger partial charge is 0.301 e. The van der Waals surface area contributed by atoms with Gasteiger partial charge in [-0.2, -0.15) is 5.10 Å². The van der Waals surface area contributed by atoms with Crippen molar-refractivity contribution < 1.29 is 15.0 Å². The highest BCUT2D eigenvalue weighted by atomic mass is 35.5. The number of fused-ring (bicyclic) bond motifs is 1. The third-order valence-corrected chi connectivity index (χ3v) is 6.23. The molecule has 0 radical (unpaired) electrons. The molecule has 10 heteroatoms. The monoisotopic (exact) mass is 488 g/mol. The van der Waals surface area contributed by atoms with Crippen molar-refractivity contribution in [1.82, 2.24) is 0 Å². The molecule has 1 N–H and O–H groups in total. The number of aromatic hydroxyl groups is 1. The summed E-state index contributed by atoms with van der Waals surface area (Å²) in [7, 11) is 0. The van der Waals surface area contributed by atoms with Crippen LogP contribution in [0.2, 0.25) is 5.02 Å². The summed E-state index contributed by atoms with van der Waals surface area (Å²) >= 11 is 6.07. The van der Waals surface area contributed by atoms with Gasteiger partial charge < -0.3 is 5.11 Å². The highest BCUT2D eigenvalue weighted by Crippen LogP contribution is 2.43. The Hall–Kier alpha value is -4.50. The molecule has 0 aliphatic carbocycles. The molecule has 4 aromatic rings. The van der Waals surface area contributed by atoms with E-state index in [1.807, 2.05) is 24.3 Å². The Morgan fingerprint density at radius 1 is 0.943 bits per heavy atom. The van der Waals surface area contributed by atoms with Gasteiger partial charge in [0.05, 0.1) is 27.7 Å². The lowest BCUT2D eigenvalue weighted by molar-refractivity contribution is -0.393. The van der Waals surface area contributed by atoms with Gasteiger partial charge in [0.1, 0.15) is 11.4 Å². The fraction of sp³-hybridized carbons (Fsp3) is 0.0800. The van der Waals surface area contributed by atoms with E-state index < -0.39 is 27.3 Å². The van der Waals surface area contributed by atoms with E-state index in [9.17, 15) is 25.3 Å². The van der Waals surface area contributed by atoms with Crippen LogP contribution in [0.25, 0.3) is 10.8 Å². The minimum absolute atomic E-state index is 0.0392. The lowest BCUT2D eigenvalue weighted by Gasteiger charge is -2.23. The van der Waals surface area contributed by atoms with Crippen LogP contribution < -0.4 is 5.01 Å². The van der Waals surface area contributed by atoms with Crippen LogP contribution in [0.1, 0.15) is 23.6 Å². The maximum absolute atomic E-state index is 11.9. The molecule has 0 unspecified atom stereocenters. The Bertz CT molecular complexity index is 1520. The molecule has 1 atom stereocenters. The summed E-state index contributed by atoms with van der Waals surface area (Å²) in [6, 6.07) is 21.0. The van der Waals surface area contributed by atoms with E-state index in [0.717, 1.165) is 22.4 Å². The molecule has 4 aromatic carbocycles. The van der Waals surface area contributed by atoms with Gasteiger partial charge in [-0.05, 0) is 40.6 Å². The number of phenolic OH excluding ortho intramolecular Hbond substituents is 1. The van der Waals surface area contributed by atoms with Crippen molar-refractivity contribution in [2.24, 2.45) is 5.10 Å². The summed E-state index contributed by atoms with van der Waals surface area (Å²) in [5, 5.41) is 42.3. The summed E-state index contributed by atoms with van der Waals surface area (Å²) in [5.41, 5.74) is 1.14. The molecule has 5 rings (SSSR count). The van der Waals surface area contributed by atoms with Crippen molar-refractivity contribution in [1.29, 1.82) is 0 Å². The van der Waals surface area contributed by atoms with Crippen LogP contribution in [-0.4, -0.2) is 20.7 Å². The lowest BCUT2D eigenvalue weighted by Crippen LogP contribution is -2.19. The lowest BCUT2D eigenvalue weighted by atomic mass is 9.94. The zero-order valence-corrected chi connectivity index (χ0v) is 18.8. The molecule has 0 amide bonds. The first-order chi connectivity index (χ1) is 16.8. The first kappa shape index (κ1) is 22.3. The molecule has 0 bridgehead atoms. The second kappa shape index (κ2) is 8.69. The fourth-order valence-corrected chi connectivity index (χ4v) is 4.48. The summed E-state index contributed by atoms with van der Waals surface area (Å²) < 4.78 is 0. The Morgan fingerprint density at radius 3 is 2.40 bits per heavy atom. The van der Waals surface area contributed by atoms with Gasteiger partial charge in [0.15, 0.2) is 0 Å². The van der Waals surface area contributed by atoms with E-state index in [-0.39, 0.29) is 11.4 Å². The van der Waals surface area contributed by atoms with Crippen molar-refractivity contribution >= 4 is 45.1 Å². The molecule has 0 saturated carbocycles. The maximum Gasteiger partial charge on any atom is 0.301 e. The number of nitro groups is 2. The van der Waals surface area contributed by atoms with Gasteiger partial charge >= 0.3 is 5.69 Å². The molecule has 35 heavy (non-hydrogen) atoms. The van der Waals surface area contributed by atoms with Crippen LogP contribution in [0.15, 0.2) is 84.0 Å². The number of hydrazone groups is 1. The van der Waals surface area contributed by atoms with Crippen molar-refractivity contribution in [2.45, 2.75) is 12.5 Å². The first-order valence-corrected chi connectivity index (χ1v) is 11.0. The molecule has 0 aromatic heterocycles. The topological polar surface area (TPSA) is 122 Å². The number of phenols is 1. The maximum atomic E-state index is 11.9. The van der Waals surface area contributed by atoms with E-state index in [1.54, 1.807) is 36.4 Å². The number of rotatable bonds is 5. The molecule has 1 heterocycles. The highest BCUT2D eigenvalue weighted by molar-refractivity contribution is 6.30. The van der Waals surface area contributed by atoms with Gasteiger partial charge in [0, 0.05) is 23.1 Å². The number of nitro benzene ring substituents is 2. The molecule has 0 saturated heterocycles. The molecule has 1 aliphatic rings. The molecule has 174 valence electrons. The second-order valence-corrected chi connectivity index (χ2v) is 8.47. The number of hydrogen-bond donors (Lipinski definition) is 1. The predicted octanol–water partition coefficient (Wildman–Crippen LogP) is 6.37. The number of anilines is 1. The van der Waals surface area contributed by atoms with Crippen molar-refractivity contribution in [3.05, 3.63) is 115 Å². The largest absolute Gasteiger partial charge is 0.507 e. The van der Waals surface area contributed by atoms with Crippen LogP contribution in [0, 0.1) is 20.2 Å². The Balaban J connectivity index is 1.71. The van der Waals surface area contributed by atoms with E-state index >= 15 is 0 Å². The third kappa shape index (κ3) is 4.02. The molecule has 0 fully saturated rings. The number of hydrogen-bond acceptors (Lipinski definition) is 7. The number of benzene rings is 4. The van der Waals surface area contributed by atoms with Crippen molar-refractivity contribution in [2.75, 3.05) is 5.01 Å². The van der Waals surface area contributed by atoms with Gasteiger partial charge in [-0.1, -0.05) is 54.1 Å². The van der Waals surface area contributed by atoms with Gasteiger partial charge in [-0.15, -0.1) is 0 Å². The molecule has 0 spiro atoms. The van der Waals surface area contributed by atoms with Crippen molar-refractivity contribution in [3.63, 3.8) is 0 Å². The first-order valence-electron chi connectivity index (χ1n) is 10.6. The quantitative estimate of drug-likeness (QED) is 0.257. The molecular weight excluding hydrogens is 472 g/mol. The normalized spacial score (nSPS) is 15.3. The Morgan fingerprint density at radius 2 is 1.69 bits per heavy atom. The van der Waals surface area contributed by atoms with E-state index in [1.165, 1.54) is 17.1 Å². The average molecular weight is 489 g/mol. The van der Waals surface area contributed by atoms with Gasteiger partial charge in [-0.3, -0.25) is 25.2 Å². The van der Waals surface area contributed by atoms with Gasteiger partial charge in [-0.25, -0.2) is 0 Å². The second-order valence-electron chi connectivity index (χ2n) is 8.03. The fourth-order valence-electron chi connectivity index (χ4n) is 4.36. The number of halogens is 1. The van der Waals surface area contributed by atoms with Crippen LogP contribution >= 0.6 is 11.6 Å². The van der Waals surface area contributed by atoms with Crippen molar-refractivity contribution in [3.8, 4) is 5.75 Å². The van der Waals surface area contributed by atoms with Gasteiger partial charge in [0.25, 0.3) is 5.69 Å².